The Morgan fingerprint density at radius 2 is 2.24 bits per heavy atom. The van der Waals surface area contributed by atoms with Crippen molar-refractivity contribution in [1.82, 2.24) is 9.88 Å². The van der Waals surface area contributed by atoms with Gasteiger partial charge in [0, 0.05) is 6.04 Å². The number of thiazole rings is 1. The van der Waals surface area contributed by atoms with Crippen molar-refractivity contribution in [3.05, 3.63) is 24.0 Å². The van der Waals surface area contributed by atoms with Gasteiger partial charge in [-0.25, -0.2) is 9.37 Å². The van der Waals surface area contributed by atoms with E-state index in [0.29, 0.717) is 23.2 Å². The first-order valence-corrected chi connectivity index (χ1v) is 8.00. The highest BCUT2D eigenvalue weighted by Crippen LogP contribution is 2.27. The molecule has 0 bridgehead atoms. The predicted octanol–water partition coefficient (Wildman–Crippen LogP) is 3.25. The number of fused-ring (bicyclic) bond motifs is 1. The zero-order valence-electron chi connectivity index (χ0n) is 11.9. The van der Waals surface area contributed by atoms with Crippen LogP contribution in [-0.2, 0) is 4.79 Å². The van der Waals surface area contributed by atoms with Crippen LogP contribution in [-0.4, -0.2) is 35.4 Å². The minimum absolute atomic E-state index is 0.0936. The normalized spacial score (nSPS) is 16.0. The van der Waals surface area contributed by atoms with Crippen molar-refractivity contribution >= 4 is 32.6 Å². The van der Waals surface area contributed by atoms with Crippen molar-refractivity contribution in [2.45, 2.75) is 31.7 Å². The van der Waals surface area contributed by atoms with Crippen LogP contribution in [0.5, 0.6) is 0 Å². The van der Waals surface area contributed by atoms with Gasteiger partial charge in [0.2, 0.25) is 5.91 Å². The maximum atomic E-state index is 13.6. The molecule has 1 N–H and O–H groups in total. The van der Waals surface area contributed by atoms with Crippen molar-refractivity contribution in [1.29, 1.82) is 0 Å². The van der Waals surface area contributed by atoms with Crippen LogP contribution in [0.25, 0.3) is 10.2 Å². The number of nitrogens with one attached hydrogen (secondary N) is 1. The number of carbonyl (C=O) groups is 1. The highest BCUT2D eigenvalue weighted by Gasteiger charge is 2.21. The Kier molecular flexibility index (Phi) is 4.17. The van der Waals surface area contributed by atoms with Gasteiger partial charge in [-0.1, -0.05) is 30.2 Å². The summed E-state index contributed by atoms with van der Waals surface area (Å²) in [6, 6.07) is 5.33. The van der Waals surface area contributed by atoms with Crippen LogP contribution in [0.1, 0.15) is 25.7 Å². The summed E-state index contributed by atoms with van der Waals surface area (Å²) in [7, 11) is 1.98. The molecule has 0 aliphatic heterocycles. The molecule has 4 nitrogen and oxygen atoms in total. The first-order valence-electron chi connectivity index (χ1n) is 7.18. The third kappa shape index (κ3) is 3.22. The molecule has 1 saturated carbocycles. The summed E-state index contributed by atoms with van der Waals surface area (Å²) >= 11 is 1.30. The number of nitrogens with zero attached hydrogens (tertiary/aromatic N) is 2. The van der Waals surface area contributed by atoms with E-state index in [-0.39, 0.29) is 11.7 Å². The number of anilines is 1. The van der Waals surface area contributed by atoms with Crippen LogP contribution in [0.2, 0.25) is 0 Å². The number of rotatable bonds is 4. The maximum Gasteiger partial charge on any atom is 0.240 e. The van der Waals surface area contributed by atoms with E-state index in [1.165, 1.54) is 30.2 Å². The first kappa shape index (κ1) is 14.4. The molecular formula is C15H18FN3OS. The summed E-state index contributed by atoms with van der Waals surface area (Å²) in [5.74, 6) is -0.448. The summed E-state index contributed by atoms with van der Waals surface area (Å²) in [4.78, 5) is 18.3. The molecule has 1 aliphatic rings. The molecule has 0 radical (unpaired) electrons. The Hall–Kier alpha value is -1.53. The Morgan fingerprint density at radius 3 is 2.95 bits per heavy atom. The van der Waals surface area contributed by atoms with E-state index in [1.807, 2.05) is 7.05 Å². The highest BCUT2D eigenvalue weighted by molar-refractivity contribution is 7.22. The van der Waals surface area contributed by atoms with Gasteiger partial charge in [-0.2, -0.15) is 0 Å². The van der Waals surface area contributed by atoms with Crippen molar-refractivity contribution in [2.75, 3.05) is 18.9 Å². The number of amides is 1. The number of carbonyl (C=O) groups excluding carboxylic acids is 1. The lowest BCUT2D eigenvalue weighted by Gasteiger charge is -2.22. The quantitative estimate of drug-likeness (QED) is 0.943. The fourth-order valence-electron chi connectivity index (χ4n) is 2.83. The summed E-state index contributed by atoms with van der Waals surface area (Å²) in [6.07, 6.45) is 4.81. The number of halogens is 1. The number of benzene rings is 1. The Balaban J connectivity index is 1.64. The second-order valence-corrected chi connectivity index (χ2v) is 6.54. The van der Waals surface area contributed by atoms with E-state index in [0.717, 1.165) is 17.5 Å². The van der Waals surface area contributed by atoms with Crippen LogP contribution in [0, 0.1) is 5.82 Å². The van der Waals surface area contributed by atoms with E-state index in [9.17, 15) is 9.18 Å². The molecule has 1 aromatic carbocycles. The van der Waals surface area contributed by atoms with Crippen LogP contribution in [0.3, 0.4) is 0 Å². The first-order chi connectivity index (χ1) is 10.1. The molecule has 1 aromatic heterocycles. The molecule has 0 saturated heterocycles. The van der Waals surface area contributed by atoms with Gasteiger partial charge in [-0.05, 0) is 32.0 Å². The van der Waals surface area contributed by atoms with Gasteiger partial charge in [-0.15, -0.1) is 0 Å². The molecule has 1 aliphatic carbocycles. The van der Waals surface area contributed by atoms with Crippen LogP contribution in [0.4, 0.5) is 9.52 Å². The fraction of sp³-hybridized carbons (Fsp3) is 0.467. The third-order valence-corrected chi connectivity index (χ3v) is 4.89. The van der Waals surface area contributed by atoms with E-state index >= 15 is 0 Å². The number of para-hydroxylation sites is 1. The second-order valence-electron chi connectivity index (χ2n) is 5.51. The van der Waals surface area contributed by atoms with Gasteiger partial charge in [0.15, 0.2) is 5.13 Å². The topological polar surface area (TPSA) is 45.2 Å². The summed E-state index contributed by atoms with van der Waals surface area (Å²) in [5, 5.41) is 3.23. The molecule has 21 heavy (non-hydrogen) atoms. The summed E-state index contributed by atoms with van der Waals surface area (Å²) in [5.41, 5.74) is 0.321. The number of likely N-dealkylation sites (N-methyl/N-ethyl adjacent to an activating group) is 1. The summed E-state index contributed by atoms with van der Waals surface area (Å²) in [6.45, 7) is 0.350. The molecule has 3 rings (SSSR count). The van der Waals surface area contributed by atoms with Gasteiger partial charge >= 0.3 is 0 Å². The zero-order chi connectivity index (χ0) is 14.8. The molecule has 1 fully saturated rings. The van der Waals surface area contributed by atoms with Gasteiger partial charge in [0.1, 0.15) is 11.3 Å². The molecule has 1 amide bonds. The minimum Gasteiger partial charge on any atom is -0.301 e. The van der Waals surface area contributed by atoms with E-state index in [2.05, 4.69) is 15.2 Å². The van der Waals surface area contributed by atoms with Crippen molar-refractivity contribution in [3.8, 4) is 0 Å². The monoisotopic (exact) mass is 307 g/mol. The largest absolute Gasteiger partial charge is 0.301 e. The molecule has 112 valence electrons. The number of hydrogen-bond acceptors (Lipinski definition) is 4. The molecule has 2 aromatic rings. The van der Waals surface area contributed by atoms with Gasteiger partial charge in [0.05, 0.1) is 11.2 Å². The van der Waals surface area contributed by atoms with Crippen molar-refractivity contribution in [2.24, 2.45) is 0 Å². The SMILES string of the molecule is CN(CC(=O)Nc1nc2c(F)cccc2s1)C1CCCC1. The van der Waals surface area contributed by atoms with E-state index < -0.39 is 0 Å². The zero-order valence-corrected chi connectivity index (χ0v) is 12.8. The lowest BCUT2D eigenvalue weighted by atomic mass is 10.2. The standard InChI is InChI=1S/C15H18FN3OS/c1-19(10-5-2-3-6-10)9-13(20)17-15-18-14-11(16)7-4-8-12(14)21-15/h4,7-8,10H,2-3,5-6,9H2,1H3,(H,17,18,20). The molecule has 0 atom stereocenters. The predicted molar refractivity (Wildman–Crippen MR) is 83.1 cm³/mol. The van der Waals surface area contributed by atoms with Crippen molar-refractivity contribution in [3.63, 3.8) is 0 Å². The number of hydrogen-bond donors (Lipinski definition) is 1. The van der Waals surface area contributed by atoms with E-state index in [1.54, 1.807) is 12.1 Å². The van der Waals surface area contributed by atoms with E-state index in [4.69, 9.17) is 0 Å². The van der Waals surface area contributed by atoms with Crippen LogP contribution in [0.15, 0.2) is 18.2 Å². The molecular weight excluding hydrogens is 289 g/mol. The molecule has 0 unspecified atom stereocenters. The highest BCUT2D eigenvalue weighted by atomic mass is 32.1. The van der Waals surface area contributed by atoms with Crippen molar-refractivity contribution < 1.29 is 9.18 Å². The van der Waals surface area contributed by atoms with Gasteiger partial charge in [0.25, 0.3) is 0 Å². The lowest BCUT2D eigenvalue weighted by Crippen LogP contribution is -2.36. The Morgan fingerprint density at radius 1 is 1.48 bits per heavy atom. The van der Waals surface area contributed by atoms with Gasteiger partial charge < -0.3 is 5.32 Å². The lowest BCUT2D eigenvalue weighted by molar-refractivity contribution is -0.117. The average molecular weight is 307 g/mol. The Labute approximate surface area is 127 Å². The fourth-order valence-corrected chi connectivity index (χ4v) is 3.72. The Bertz CT molecular complexity index is 651. The third-order valence-electron chi connectivity index (χ3n) is 3.96. The minimum atomic E-state index is -0.354. The molecule has 0 spiro atoms. The van der Waals surface area contributed by atoms with Gasteiger partial charge in [-0.3, -0.25) is 9.69 Å². The second kappa shape index (κ2) is 6.07. The van der Waals surface area contributed by atoms with Crippen LogP contribution >= 0.6 is 11.3 Å². The maximum absolute atomic E-state index is 13.6. The smallest absolute Gasteiger partial charge is 0.240 e. The average Bonchev–Trinajstić information content (AvgIpc) is 3.07. The number of aromatic nitrogens is 1. The molecule has 1 heterocycles. The van der Waals surface area contributed by atoms with Crippen LogP contribution < -0.4 is 5.32 Å². The summed E-state index contributed by atoms with van der Waals surface area (Å²) < 4.78 is 14.3. The molecule has 6 heteroatoms.